The van der Waals surface area contributed by atoms with Gasteiger partial charge in [0.2, 0.25) is 0 Å². The smallest absolute Gasteiger partial charge is 0.264 e. The number of carbonyl (C=O) groups excluding carboxylic acids is 1. The number of carbonyl (C=O) groups is 1. The Balaban J connectivity index is 1.86. The number of ether oxygens (including phenoxy) is 1. The predicted octanol–water partition coefficient (Wildman–Crippen LogP) is 4.97. The van der Waals surface area contributed by atoms with E-state index in [4.69, 9.17) is 4.74 Å². The fourth-order valence-corrected chi connectivity index (χ4v) is 3.75. The maximum Gasteiger partial charge on any atom is 0.264 e. The lowest BCUT2D eigenvalue weighted by Crippen LogP contribution is -2.19. The van der Waals surface area contributed by atoms with E-state index in [0.717, 1.165) is 32.6 Å². The quantitative estimate of drug-likeness (QED) is 0.718. The second kappa shape index (κ2) is 7.45. The van der Waals surface area contributed by atoms with Gasteiger partial charge in [-0.25, -0.2) is 4.99 Å². The summed E-state index contributed by atoms with van der Waals surface area (Å²) >= 11 is 4.80. The average Bonchev–Trinajstić information content (AvgIpc) is 2.90. The van der Waals surface area contributed by atoms with Crippen LogP contribution < -0.4 is 10.1 Å². The summed E-state index contributed by atoms with van der Waals surface area (Å²) in [6.07, 6.45) is 1.84. The lowest BCUT2D eigenvalue weighted by Gasteiger charge is -2.03. The summed E-state index contributed by atoms with van der Waals surface area (Å²) in [5, 5.41) is 3.42. The van der Waals surface area contributed by atoms with Crippen LogP contribution in [0.15, 0.2) is 50.8 Å². The van der Waals surface area contributed by atoms with Crippen molar-refractivity contribution in [2.24, 2.45) is 4.99 Å². The first-order valence-corrected chi connectivity index (χ1v) is 9.27. The van der Waals surface area contributed by atoms with E-state index in [1.807, 2.05) is 56.3 Å². The number of aryl methyl sites for hydroxylation is 2. The van der Waals surface area contributed by atoms with E-state index in [9.17, 15) is 4.79 Å². The largest absolute Gasteiger partial charge is 0.496 e. The molecule has 0 radical (unpaired) electrons. The van der Waals surface area contributed by atoms with Gasteiger partial charge in [-0.1, -0.05) is 18.2 Å². The van der Waals surface area contributed by atoms with Gasteiger partial charge >= 0.3 is 0 Å². The number of hydrogen-bond acceptors (Lipinski definition) is 4. The maximum atomic E-state index is 12.2. The molecule has 4 nitrogen and oxygen atoms in total. The molecular weight excluding hydrogens is 400 g/mol. The van der Waals surface area contributed by atoms with Crippen molar-refractivity contribution in [3.05, 3.63) is 62.5 Å². The molecule has 1 aliphatic heterocycles. The van der Waals surface area contributed by atoms with Gasteiger partial charge in [0.15, 0.2) is 5.17 Å². The van der Waals surface area contributed by atoms with Gasteiger partial charge in [-0.3, -0.25) is 4.79 Å². The molecule has 0 aliphatic carbocycles. The normalized spacial score (nSPS) is 17.2. The molecule has 0 bridgehead atoms. The van der Waals surface area contributed by atoms with Crippen molar-refractivity contribution in [1.82, 2.24) is 5.32 Å². The van der Waals surface area contributed by atoms with Gasteiger partial charge < -0.3 is 10.1 Å². The molecule has 1 aliphatic rings. The molecule has 0 aromatic heterocycles. The Morgan fingerprint density at radius 1 is 1.20 bits per heavy atom. The van der Waals surface area contributed by atoms with E-state index >= 15 is 0 Å². The van der Waals surface area contributed by atoms with Gasteiger partial charge in [-0.15, -0.1) is 0 Å². The highest BCUT2D eigenvalue weighted by Gasteiger charge is 2.24. The van der Waals surface area contributed by atoms with Gasteiger partial charge in [-0.2, -0.15) is 0 Å². The van der Waals surface area contributed by atoms with Crippen LogP contribution in [0.5, 0.6) is 5.75 Å². The van der Waals surface area contributed by atoms with Crippen LogP contribution in [0.1, 0.15) is 16.7 Å². The number of nitrogens with zero attached hydrogens (tertiary/aromatic N) is 1. The van der Waals surface area contributed by atoms with Crippen molar-refractivity contribution in [1.29, 1.82) is 0 Å². The molecule has 2 aromatic carbocycles. The summed E-state index contributed by atoms with van der Waals surface area (Å²) in [6, 6.07) is 11.8. The molecule has 25 heavy (non-hydrogen) atoms. The topological polar surface area (TPSA) is 50.7 Å². The Bertz CT molecular complexity index is 906. The molecule has 3 rings (SSSR count). The SMILES string of the molecule is COc1ccc(/C=C2\SC(=Nc3cc(C)ccc3C)NC2=O)cc1Br. The van der Waals surface area contributed by atoms with Crippen LogP contribution in [0.25, 0.3) is 6.08 Å². The lowest BCUT2D eigenvalue weighted by molar-refractivity contribution is -0.115. The molecule has 6 heteroatoms. The van der Waals surface area contributed by atoms with E-state index in [-0.39, 0.29) is 5.91 Å². The minimum atomic E-state index is -0.138. The number of aliphatic imine (C=N–C) groups is 1. The number of benzene rings is 2. The van der Waals surface area contributed by atoms with Crippen LogP contribution in [0.2, 0.25) is 0 Å². The standard InChI is InChI=1S/C19H17BrN2O2S/c1-11-4-5-12(2)15(8-11)21-19-22-18(23)17(25-19)10-13-6-7-16(24-3)14(20)9-13/h4-10H,1-3H3,(H,21,22,23)/b17-10-. The summed E-state index contributed by atoms with van der Waals surface area (Å²) in [7, 11) is 1.62. The number of hydrogen-bond donors (Lipinski definition) is 1. The zero-order valence-electron chi connectivity index (χ0n) is 14.1. The van der Waals surface area contributed by atoms with Crippen LogP contribution in [0.3, 0.4) is 0 Å². The van der Waals surface area contributed by atoms with E-state index in [1.165, 1.54) is 11.8 Å². The Hall–Kier alpha value is -2.05. The van der Waals surface area contributed by atoms with Gasteiger partial charge in [0, 0.05) is 0 Å². The number of methoxy groups -OCH3 is 1. The molecule has 0 atom stereocenters. The number of thioether (sulfide) groups is 1. The molecule has 0 spiro atoms. The van der Waals surface area contributed by atoms with Crippen molar-refractivity contribution in [3.63, 3.8) is 0 Å². The van der Waals surface area contributed by atoms with E-state index in [1.54, 1.807) is 7.11 Å². The summed E-state index contributed by atoms with van der Waals surface area (Å²) in [5.74, 6) is 0.615. The van der Waals surface area contributed by atoms with Crippen molar-refractivity contribution < 1.29 is 9.53 Å². The third kappa shape index (κ3) is 4.14. The van der Waals surface area contributed by atoms with Gasteiger partial charge in [0.25, 0.3) is 5.91 Å². The number of amides is 1. The molecular formula is C19H17BrN2O2S. The van der Waals surface area contributed by atoms with Crippen molar-refractivity contribution in [3.8, 4) is 5.75 Å². The molecule has 1 N–H and O–H groups in total. The third-order valence-corrected chi connectivity index (χ3v) is 5.24. The first-order chi connectivity index (χ1) is 12.0. The molecule has 2 aromatic rings. The third-order valence-electron chi connectivity index (χ3n) is 3.71. The molecule has 1 amide bonds. The lowest BCUT2D eigenvalue weighted by atomic mass is 10.1. The Morgan fingerprint density at radius 2 is 2.00 bits per heavy atom. The van der Waals surface area contributed by atoms with Crippen molar-refractivity contribution >= 4 is 50.5 Å². The Labute approximate surface area is 159 Å². The number of rotatable bonds is 3. The molecule has 1 fully saturated rings. The minimum Gasteiger partial charge on any atom is -0.496 e. The first-order valence-electron chi connectivity index (χ1n) is 7.66. The summed E-state index contributed by atoms with van der Waals surface area (Å²) < 4.78 is 6.07. The second-order valence-electron chi connectivity index (χ2n) is 5.67. The molecule has 0 saturated carbocycles. The Morgan fingerprint density at radius 3 is 2.72 bits per heavy atom. The molecule has 0 unspecified atom stereocenters. The molecule has 1 saturated heterocycles. The van der Waals surface area contributed by atoms with Gasteiger partial charge in [0.1, 0.15) is 5.75 Å². The second-order valence-corrected chi connectivity index (χ2v) is 7.55. The van der Waals surface area contributed by atoms with E-state index < -0.39 is 0 Å². The first kappa shape index (κ1) is 17.8. The van der Waals surface area contributed by atoms with Crippen LogP contribution in [0.4, 0.5) is 5.69 Å². The fraction of sp³-hybridized carbons (Fsp3) is 0.158. The van der Waals surface area contributed by atoms with Gasteiger partial charge in [0.05, 0.1) is 22.2 Å². The van der Waals surface area contributed by atoms with E-state index in [2.05, 4.69) is 26.2 Å². The monoisotopic (exact) mass is 416 g/mol. The van der Waals surface area contributed by atoms with E-state index in [0.29, 0.717) is 10.1 Å². The van der Waals surface area contributed by atoms with Crippen LogP contribution in [0, 0.1) is 13.8 Å². The number of nitrogens with one attached hydrogen (secondary N) is 1. The highest BCUT2D eigenvalue weighted by molar-refractivity contribution is 9.10. The maximum absolute atomic E-state index is 12.2. The average molecular weight is 417 g/mol. The predicted molar refractivity (Wildman–Crippen MR) is 107 cm³/mol. The fourth-order valence-electron chi connectivity index (χ4n) is 2.35. The van der Waals surface area contributed by atoms with Gasteiger partial charge in [-0.05, 0) is 82.5 Å². The summed E-state index contributed by atoms with van der Waals surface area (Å²) in [6.45, 7) is 4.03. The van der Waals surface area contributed by atoms with Crippen LogP contribution in [-0.2, 0) is 4.79 Å². The van der Waals surface area contributed by atoms with Crippen LogP contribution in [-0.4, -0.2) is 18.2 Å². The van der Waals surface area contributed by atoms with Crippen LogP contribution >= 0.6 is 27.7 Å². The number of amidine groups is 1. The summed E-state index contributed by atoms with van der Waals surface area (Å²) in [5.41, 5.74) is 4.00. The Kier molecular flexibility index (Phi) is 5.30. The zero-order chi connectivity index (χ0) is 18.0. The zero-order valence-corrected chi connectivity index (χ0v) is 16.5. The number of halogens is 1. The summed E-state index contributed by atoms with van der Waals surface area (Å²) in [4.78, 5) is 17.4. The van der Waals surface area contributed by atoms with Crippen molar-refractivity contribution in [2.45, 2.75) is 13.8 Å². The minimum absolute atomic E-state index is 0.138. The van der Waals surface area contributed by atoms with Crippen molar-refractivity contribution in [2.75, 3.05) is 7.11 Å². The molecule has 1 heterocycles. The highest BCUT2D eigenvalue weighted by Crippen LogP contribution is 2.31. The molecule has 128 valence electrons. The highest BCUT2D eigenvalue weighted by atomic mass is 79.9.